The summed E-state index contributed by atoms with van der Waals surface area (Å²) in [6.45, 7) is 3.88. The van der Waals surface area contributed by atoms with Crippen molar-refractivity contribution in [3.63, 3.8) is 0 Å². The molecule has 1 aromatic carbocycles. The van der Waals surface area contributed by atoms with E-state index in [9.17, 15) is 19.3 Å². The summed E-state index contributed by atoms with van der Waals surface area (Å²) in [5, 5.41) is 10.7. The maximum atomic E-state index is 13.3. The van der Waals surface area contributed by atoms with Gasteiger partial charge in [-0.1, -0.05) is 17.7 Å². The van der Waals surface area contributed by atoms with E-state index in [1.807, 2.05) is 0 Å². The molecule has 19 heavy (non-hydrogen) atoms. The Morgan fingerprint density at radius 3 is 2.79 bits per heavy atom. The predicted molar refractivity (Wildman–Crippen MR) is 68.7 cm³/mol. The highest BCUT2D eigenvalue weighted by atomic mass is 35.5. The number of hydrogen-bond acceptors (Lipinski definition) is 3. The largest absolute Gasteiger partial charge is 0.306 e. The molecule has 1 unspecified atom stereocenters. The Morgan fingerprint density at radius 1 is 1.58 bits per heavy atom. The molecular formula is C12H10ClFN2O3. The van der Waals surface area contributed by atoms with Crippen molar-refractivity contribution in [2.24, 2.45) is 5.92 Å². The van der Waals surface area contributed by atoms with E-state index in [-0.39, 0.29) is 35.5 Å². The Bertz CT molecular complexity index is 576. The van der Waals surface area contributed by atoms with Gasteiger partial charge < -0.3 is 4.90 Å². The van der Waals surface area contributed by atoms with Crippen LogP contribution in [-0.2, 0) is 4.79 Å². The molecule has 1 saturated heterocycles. The zero-order chi connectivity index (χ0) is 14.2. The van der Waals surface area contributed by atoms with E-state index >= 15 is 0 Å². The van der Waals surface area contributed by atoms with Crippen molar-refractivity contribution < 1.29 is 14.1 Å². The molecule has 0 N–H and O–H groups in total. The molecule has 0 bridgehead atoms. The van der Waals surface area contributed by atoms with Gasteiger partial charge in [0.15, 0.2) is 0 Å². The standard InChI is InChI=1S/C12H10ClFN2O3/c1-2-7-3-12(17)15(6-7)10-4-8(13)9(14)5-11(10)16(18)19/h2,4-5,7H,1,3,6H2. The number of amides is 1. The molecule has 7 heteroatoms. The quantitative estimate of drug-likeness (QED) is 0.487. The maximum absolute atomic E-state index is 13.3. The molecule has 0 saturated carbocycles. The Morgan fingerprint density at radius 2 is 2.26 bits per heavy atom. The van der Waals surface area contributed by atoms with Crippen LogP contribution in [0, 0.1) is 21.8 Å². The molecule has 1 fully saturated rings. The summed E-state index contributed by atoms with van der Waals surface area (Å²) >= 11 is 5.63. The third-order valence-electron chi connectivity index (χ3n) is 2.99. The molecule has 0 radical (unpaired) electrons. The zero-order valence-corrected chi connectivity index (χ0v) is 10.6. The van der Waals surface area contributed by atoms with Crippen LogP contribution in [0.4, 0.5) is 15.8 Å². The van der Waals surface area contributed by atoms with Crippen LogP contribution in [0.2, 0.25) is 5.02 Å². The fourth-order valence-electron chi connectivity index (χ4n) is 2.01. The number of hydrogen-bond donors (Lipinski definition) is 0. The van der Waals surface area contributed by atoms with Gasteiger partial charge in [-0.25, -0.2) is 4.39 Å². The lowest BCUT2D eigenvalue weighted by Crippen LogP contribution is -2.25. The Balaban J connectivity index is 2.50. The second-order valence-corrected chi connectivity index (χ2v) is 4.62. The summed E-state index contributed by atoms with van der Waals surface area (Å²) in [6, 6.07) is 1.84. The van der Waals surface area contributed by atoms with E-state index in [2.05, 4.69) is 6.58 Å². The van der Waals surface area contributed by atoms with Crippen LogP contribution in [0.5, 0.6) is 0 Å². The van der Waals surface area contributed by atoms with E-state index < -0.39 is 16.4 Å². The van der Waals surface area contributed by atoms with Gasteiger partial charge in [0.2, 0.25) is 5.91 Å². The van der Waals surface area contributed by atoms with Gasteiger partial charge in [0.1, 0.15) is 11.5 Å². The smallest absolute Gasteiger partial charge is 0.295 e. The van der Waals surface area contributed by atoms with Crippen LogP contribution in [0.1, 0.15) is 6.42 Å². The van der Waals surface area contributed by atoms with Crippen molar-refractivity contribution in [2.75, 3.05) is 11.4 Å². The van der Waals surface area contributed by atoms with Gasteiger partial charge in [0.05, 0.1) is 16.0 Å². The van der Waals surface area contributed by atoms with Crippen molar-refractivity contribution >= 4 is 28.9 Å². The molecule has 1 heterocycles. The summed E-state index contributed by atoms with van der Waals surface area (Å²) in [4.78, 5) is 23.3. The van der Waals surface area contributed by atoms with E-state index in [4.69, 9.17) is 11.6 Å². The van der Waals surface area contributed by atoms with Gasteiger partial charge in [-0.2, -0.15) is 0 Å². The summed E-state index contributed by atoms with van der Waals surface area (Å²) in [6.07, 6.45) is 1.85. The molecule has 1 aliphatic rings. The SMILES string of the molecule is C=CC1CC(=O)N(c2cc(Cl)c(F)cc2[N+](=O)[O-])C1. The lowest BCUT2D eigenvalue weighted by atomic mass is 10.1. The first-order valence-electron chi connectivity index (χ1n) is 5.50. The van der Waals surface area contributed by atoms with Gasteiger partial charge >= 0.3 is 0 Å². The molecule has 0 aliphatic carbocycles. The number of benzene rings is 1. The fraction of sp³-hybridized carbons (Fsp3) is 0.250. The summed E-state index contributed by atoms with van der Waals surface area (Å²) in [5.74, 6) is -1.23. The van der Waals surface area contributed by atoms with E-state index in [0.29, 0.717) is 0 Å². The number of carbonyl (C=O) groups excluding carboxylic acids is 1. The predicted octanol–water partition coefficient (Wildman–Crippen LogP) is 2.93. The monoisotopic (exact) mass is 284 g/mol. The highest BCUT2D eigenvalue weighted by Crippen LogP contribution is 2.36. The van der Waals surface area contributed by atoms with Crippen molar-refractivity contribution in [1.82, 2.24) is 0 Å². The summed E-state index contributed by atoms with van der Waals surface area (Å²) in [7, 11) is 0. The van der Waals surface area contributed by atoms with E-state index in [1.54, 1.807) is 6.08 Å². The number of halogens is 2. The van der Waals surface area contributed by atoms with Gasteiger partial charge in [-0.05, 0) is 6.07 Å². The molecule has 0 spiro atoms. The minimum absolute atomic E-state index is 0.0192. The van der Waals surface area contributed by atoms with Gasteiger partial charge in [-0.15, -0.1) is 6.58 Å². The molecule has 0 aromatic heterocycles. The first-order chi connectivity index (χ1) is 8.93. The normalized spacial score (nSPS) is 18.7. The molecular weight excluding hydrogens is 275 g/mol. The van der Waals surface area contributed by atoms with Crippen molar-refractivity contribution in [3.05, 3.63) is 45.7 Å². The first kappa shape index (κ1) is 13.5. The van der Waals surface area contributed by atoms with Crippen LogP contribution in [0.15, 0.2) is 24.8 Å². The summed E-state index contributed by atoms with van der Waals surface area (Å²) < 4.78 is 13.3. The van der Waals surface area contributed by atoms with E-state index in [0.717, 1.165) is 12.1 Å². The molecule has 5 nitrogen and oxygen atoms in total. The second kappa shape index (κ2) is 4.97. The Hall–Kier alpha value is -1.95. The molecule has 1 amide bonds. The molecule has 1 atom stereocenters. The number of nitrogens with zero attached hydrogens (tertiary/aromatic N) is 2. The Kier molecular flexibility index (Phi) is 3.53. The molecule has 100 valence electrons. The van der Waals surface area contributed by atoms with Crippen molar-refractivity contribution in [2.45, 2.75) is 6.42 Å². The van der Waals surface area contributed by atoms with Crippen LogP contribution in [0.3, 0.4) is 0 Å². The lowest BCUT2D eigenvalue weighted by molar-refractivity contribution is -0.384. The van der Waals surface area contributed by atoms with Crippen LogP contribution in [0.25, 0.3) is 0 Å². The number of rotatable bonds is 3. The van der Waals surface area contributed by atoms with Crippen LogP contribution in [-0.4, -0.2) is 17.4 Å². The third-order valence-corrected chi connectivity index (χ3v) is 3.28. The first-order valence-corrected chi connectivity index (χ1v) is 5.88. The number of nitro benzene ring substituents is 1. The third kappa shape index (κ3) is 2.44. The van der Waals surface area contributed by atoms with Crippen molar-refractivity contribution in [1.29, 1.82) is 0 Å². The fourth-order valence-corrected chi connectivity index (χ4v) is 2.17. The summed E-state index contributed by atoms with van der Waals surface area (Å²) in [5.41, 5.74) is -0.453. The topological polar surface area (TPSA) is 63.5 Å². The van der Waals surface area contributed by atoms with Crippen LogP contribution >= 0.6 is 11.6 Å². The van der Waals surface area contributed by atoms with Gasteiger partial charge in [0, 0.05) is 18.9 Å². The van der Waals surface area contributed by atoms with E-state index in [1.165, 1.54) is 4.90 Å². The number of carbonyl (C=O) groups is 1. The second-order valence-electron chi connectivity index (χ2n) is 4.22. The zero-order valence-electron chi connectivity index (χ0n) is 9.81. The van der Waals surface area contributed by atoms with Crippen molar-refractivity contribution in [3.8, 4) is 0 Å². The lowest BCUT2D eigenvalue weighted by Gasteiger charge is -2.16. The van der Waals surface area contributed by atoms with Gasteiger partial charge in [0.25, 0.3) is 5.69 Å². The number of nitro groups is 1. The highest BCUT2D eigenvalue weighted by Gasteiger charge is 2.33. The minimum Gasteiger partial charge on any atom is -0.306 e. The van der Waals surface area contributed by atoms with Crippen LogP contribution < -0.4 is 4.90 Å². The number of anilines is 1. The highest BCUT2D eigenvalue weighted by molar-refractivity contribution is 6.31. The minimum atomic E-state index is -0.885. The maximum Gasteiger partial charge on any atom is 0.295 e. The van der Waals surface area contributed by atoms with Gasteiger partial charge in [-0.3, -0.25) is 14.9 Å². The molecule has 2 rings (SSSR count). The molecule has 1 aliphatic heterocycles. The molecule has 1 aromatic rings. The average Bonchev–Trinajstić information content (AvgIpc) is 2.73. The Labute approximate surface area is 113 Å². The average molecular weight is 285 g/mol.